The molecule has 0 unspecified atom stereocenters. The number of esters is 2. The molecule has 0 aliphatic carbocycles. The van der Waals surface area contributed by atoms with Crippen molar-refractivity contribution in [3.8, 4) is 0 Å². The molecular weight excluding hydrogens is 352 g/mol. The summed E-state index contributed by atoms with van der Waals surface area (Å²) in [7, 11) is 1.31. The number of carbonyl (C=O) groups excluding carboxylic acids is 3. The maximum Gasteiger partial charge on any atom is 0.337 e. The molecule has 0 aliphatic heterocycles. The summed E-state index contributed by atoms with van der Waals surface area (Å²) in [4.78, 5) is 34.9. The molecule has 0 saturated carbocycles. The predicted octanol–water partition coefficient (Wildman–Crippen LogP) is 1.87. The summed E-state index contributed by atoms with van der Waals surface area (Å²) in [6, 6.07) is 6.65. The highest BCUT2D eigenvalue weighted by molar-refractivity contribution is 5.89. The second-order valence-corrected chi connectivity index (χ2v) is 5.93. The van der Waals surface area contributed by atoms with E-state index in [1.807, 2.05) is 6.92 Å². The minimum atomic E-state index is -0.465. The number of aryl methyl sites for hydroxylation is 2. The quantitative estimate of drug-likeness (QED) is 0.703. The zero-order chi connectivity index (χ0) is 19.8. The molecule has 0 saturated heterocycles. The van der Waals surface area contributed by atoms with Crippen LogP contribution in [0, 0.1) is 13.8 Å². The van der Waals surface area contributed by atoms with Crippen molar-refractivity contribution in [2.75, 3.05) is 13.7 Å². The summed E-state index contributed by atoms with van der Waals surface area (Å²) in [5.74, 6) is -0.615. The van der Waals surface area contributed by atoms with Gasteiger partial charge in [0.25, 0.3) is 5.91 Å². The van der Waals surface area contributed by atoms with Crippen LogP contribution in [0.1, 0.15) is 39.4 Å². The molecule has 8 heteroatoms. The molecule has 1 N–H and O–H groups in total. The minimum Gasteiger partial charge on any atom is -0.465 e. The lowest BCUT2D eigenvalue weighted by Gasteiger charge is -2.07. The fourth-order valence-corrected chi connectivity index (χ4v) is 2.43. The van der Waals surface area contributed by atoms with Crippen LogP contribution in [-0.2, 0) is 32.0 Å². The lowest BCUT2D eigenvalue weighted by Crippen LogP contribution is -2.28. The van der Waals surface area contributed by atoms with E-state index in [-0.39, 0.29) is 19.6 Å². The highest BCUT2D eigenvalue weighted by Crippen LogP contribution is 2.14. The van der Waals surface area contributed by atoms with Crippen molar-refractivity contribution < 1.29 is 28.4 Å². The number of methoxy groups -OCH3 is 1. The van der Waals surface area contributed by atoms with E-state index in [2.05, 4.69) is 15.2 Å². The highest BCUT2D eigenvalue weighted by atomic mass is 16.5. The molecule has 144 valence electrons. The van der Waals surface area contributed by atoms with Crippen LogP contribution >= 0.6 is 0 Å². The van der Waals surface area contributed by atoms with E-state index in [0.29, 0.717) is 17.7 Å². The Balaban J connectivity index is 1.69. The molecule has 1 aromatic heterocycles. The highest BCUT2D eigenvalue weighted by Gasteiger charge is 2.13. The predicted molar refractivity (Wildman–Crippen MR) is 94.9 cm³/mol. The molecule has 1 amide bonds. The van der Waals surface area contributed by atoms with Crippen LogP contribution in [0.3, 0.4) is 0 Å². The van der Waals surface area contributed by atoms with Crippen molar-refractivity contribution in [1.82, 2.24) is 10.5 Å². The number of amides is 1. The molecule has 0 spiro atoms. The van der Waals surface area contributed by atoms with Gasteiger partial charge in [-0.1, -0.05) is 17.3 Å². The molecule has 0 fully saturated rings. The van der Waals surface area contributed by atoms with Gasteiger partial charge in [-0.25, -0.2) is 4.79 Å². The Morgan fingerprint density at radius 2 is 1.85 bits per heavy atom. The van der Waals surface area contributed by atoms with Gasteiger partial charge < -0.3 is 19.3 Å². The Labute approximate surface area is 156 Å². The molecule has 0 radical (unpaired) electrons. The summed E-state index contributed by atoms with van der Waals surface area (Å²) in [6.45, 7) is 3.51. The van der Waals surface area contributed by atoms with E-state index < -0.39 is 17.8 Å². The van der Waals surface area contributed by atoms with E-state index in [1.165, 1.54) is 7.11 Å². The first-order valence-corrected chi connectivity index (χ1v) is 8.42. The van der Waals surface area contributed by atoms with Crippen LogP contribution in [0.2, 0.25) is 0 Å². The Morgan fingerprint density at radius 1 is 1.15 bits per heavy atom. The smallest absolute Gasteiger partial charge is 0.337 e. The van der Waals surface area contributed by atoms with Gasteiger partial charge in [-0.3, -0.25) is 9.59 Å². The van der Waals surface area contributed by atoms with E-state index in [4.69, 9.17) is 9.26 Å². The van der Waals surface area contributed by atoms with Crippen LogP contribution in [0.4, 0.5) is 0 Å². The first-order valence-electron chi connectivity index (χ1n) is 8.42. The van der Waals surface area contributed by atoms with Crippen molar-refractivity contribution in [1.29, 1.82) is 0 Å². The summed E-state index contributed by atoms with van der Waals surface area (Å²) in [5.41, 5.74) is 2.86. The van der Waals surface area contributed by atoms with Gasteiger partial charge >= 0.3 is 11.9 Å². The monoisotopic (exact) mass is 374 g/mol. The van der Waals surface area contributed by atoms with E-state index >= 15 is 0 Å². The van der Waals surface area contributed by atoms with Gasteiger partial charge in [-0.2, -0.15) is 0 Å². The number of hydrogen-bond donors (Lipinski definition) is 1. The summed E-state index contributed by atoms with van der Waals surface area (Å²) in [6.07, 6.45) is 0.597. The van der Waals surface area contributed by atoms with Crippen molar-refractivity contribution >= 4 is 17.8 Å². The molecule has 0 atom stereocenters. The Bertz CT molecular complexity index is 791. The van der Waals surface area contributed by atoms with Crippen LogP contribution in [0.5, 0.6) is 0 Å². The van der Waals surface area contributed by atoms with Crippen LogP contribution in [0.25, 0.3) is 0 Å². The molecule has 8 nitrogen and oxygen atoms in total. The fraction of sp³-hybridized carbons (Fsp3) is 0.368. The second-order valence-electron chi connectivity index (χ2n) is 5.93. The van der Waals surface area contributed by atoms with Gasteiger partial charge in [0.15, 0.2) is 6.61 Å². The minimum absolute atomic E-state index is 0.144. The summed E-state index contributed by atoms with van der Waals surface area (Å²) >= 11 is 0. The Morgan fingerprint density at radius 3 is 2.44 bits per heavy atom. The second kappa shape index (κ2) is 9.51. The number of rotatable bonds is 8. The zero-order valence-electron chi connectivity index (χ0n) is 15.5. The van der Waals surface area contributed by atoms with Gasteiger partial charge in [0.05, 0.1) is 18.4 Å². The number of ether oxygens (including phenoxy) is 2. The number of aromatic nitrogens is 1. The number of carbonyl (C=O) groups is 3. The van der Waals surface area contributed by atoms with Crippen molar-refractivity contribution in [2.45, 2.75) is 33.2 Å². The first-order chi connectivity index (χ1) is 12.9. The standard InChI is InChI=1S/C19H22N2O6/c1-12-16(13(2)27-21-12)8-9-18(23)26-11-17(22)20-10-14-4-6-15(7-5-14)19(24)25-3/h4-7H,8-11H2,1-3H3,(H,20,22). The van der Waals surface area contributed by atoms with Crippen LogP contribution < -0.4 is 5.32 Å². The van der Waals surface area contributed by atoms with Gasteiger partial charge in [-0.05, 0) is 38.0 Å². The number of nitrogens with zero attached hydrogens (tertiary/aromatic N) is 1. The fourth-order valence-electron chi connectivity index (χ4n) is 2.43. The normalized spacial score (nSPS) is 10.3. The van der Waals surface area contributed by atoms with Crippen LogP contribution in [-0.4, -0.2) is 36.7 Å². The van der Waals surface area contributed by atoms with Gasteiger partial charge in [0.1, 0.15) is 5.76 Å². The maximum atomic E-state index is 11.8. The first kappa shape index (κ1) is 20.2. The van der Waals surface area contributed by atoms with E-state index in [0.717, 1.165) is 16.8 Å². The number of benzene rings is 1. The zero-order valence-corrected chi connectivity index (χ0v) is 15.5. The van der Waals surface area contributed by atoms with Gasteiger partial charge in [-0.15, -0.1) is 0 Å². The largest absolute Gasteiger partial charge is 0.465 e. The van der Waals surface area contributed by atoms with E-state index in [9.17, 15) is 14.4 Å². The molecule has 0 bridgehead atoms. The third kappa shape index (κ3) is 5.95. The molecule has 1 heterocycles. The molecule has 1 aromatic carbocycles. The van der Waals surface area contributed by atoms with Crippen molar-refractivity contribution in [3.05, 3.63) is 52.4 Å². The van der Waals surface area contributed by atoms with Crippen molar-refractivity contribution in [2.24, 2.45) is 0 Å². The number of hydrogen-bond acceptors (Lipinski definition) is 7. The number of nitrogens with one attached hydrogen (secondary N) is 1. The lowest BCUT2D eigenvalue weighted by molar-refractivity contribution is -0.148. The van der Waals surface area contributed by atoms with Crippen LogP contribution in [0.15, 0.2) is 28.8 Å². The summed E-state index contributed by atoms with van der Waals surface area (Å²) < 4.78 is 14.6. The molecule has 0 aliphatic rings. The third-order valence-corrected chi connectivity index (χ3v) is 3.99. The maximum absolute atomic E-state index is 11.8. The summed E-state index contributed by atoms with van der Waals surface area (Å²) in [5, 5.41) is 6.47. The molecule has 2 aromatic rings. The van der Waals surface area contributed by atoms with Gasteiger partial charge in [0, 0.05) is 18.5 Å². The van der Waals surface area contributed by atoms with Crippen molar-refractivity contribution in [3.63, 3.8) is 0 Å². The third-order valence-electron chi connectivity index (χ3n) is 3.99. The SMILES string of the molecule is COC(=O)c1ccc(CNC(=O)COC(=O)CCc2c(C)noc2C)cc1. The molecule has 27 heavy (non-hydrogen) atoms. The molecule has 2 rings (SSSR count). The lowest BCUT2D eigenvalue weighted by atomic mass is 10.1. The van der Waals surface area contributed by atoms with Gasteiger partial charge in [0.2, 0.25) is 0 Å². The Hall–Kier alpha value is -3.16. The molecular formula is C19H22N2O6. The topological polar surface area (TPSA) is 108 Å². The average molecular weight is 374 g/mol. The average Bonchev–Trinajstić information content (AvgIpc) is 3.00. The Kier molecular flexibility index (Phi) is 7.10. The van der Waals surface area contributed by atoms with E-state index in [1.54, 1.807) is 31.2 Å².